The normalized spacial score (nSPS) is 12.6. The summed E-state index contributed by atoms with van der Waals surface area (Å²) >= 11 is 0. The predicted molar refractivity (Wildman–Crippen MR) is 216 cm³/mol. The molecule has 2 aromatic heterocycles. The number of anilines is 4. The van der Waals surface area contributed by atoms with Gasteiger partial charge in [0.05, 0.1) is 22.4 Å². The van der Waals surface area contributed by atoms with E-state index in [9.17, 15) is 4.39 Å². The fourth-order valence-corrected chi connectivity index (χ4v) is 7.68. The smallest absolute Gasteiger partial charge is 0.137 e. The molecule has 0 amide bonds. The summed E-state index contributed by atoms with van der Waals surface area (Å²) in [4.78, 5) is 9.35. The van der Waals surface area contributed by atoms with Crippen LogP contribution in [-0.2, 0) is 0 Å². The van der Waals surface area contributed by atoms with Gasteiger partial charge in [0.1, 0.15) is 29.8 Å². The lowest BCUT2D eigenvalue weighted by Crippen LogP contribution is -2.24. The third kappa shape index (κ3) is 5.86. The number of hydrogen-bond acceptors (Lipinski definition) is 4. The fourth-order valence-electron chi connectivity index (χ4n) is 7.68. The molecule has 0 saturated heterocycles. The van der Waals surface area contributed by atoms with Crippen LogP contribution in [0, 0.1) is 19.7 Å². The van der Waals surface area contributed by atoms with Gasteiger partial charge in [0.15, 0.2) is 0 Å². The van der Waals surface area contributed by atoms with Gasteiger partial charge in [-0.1, -0.05) is 67.9 Å². The molecule has 6 heteroatoms. The molecule has 260 valence electrons. The van der Waals surface area contributed by atoms with Gasteiger partial charge in [0, 0.05) is 40.5 Å². The first-order valence-electron chi connectivity index (χ1n) is 18.1. The lowest BCUT2D eigenvalue weighted by molar-refractivity contribution is 0.483. The summed E-state index contributed by atoms with van der Waals surface area (Å²) in [7, 11) is 0. The second-order valence-electron chi connectivity index (χ2n) is 14.2. The number of halogens is 1. The van der Waals surface area contributed by atoms with Gasteiger partial charge in [-0.3, -0.25) is 4.57 Å². The summed E-state index contributed by atoms with van der Waals surface area (Å²) in [6, 6.07) is 47.2. The molecular weight excluding hydrogens is 656 g/mol. The molecule has 53 heavy (non-hydrogen) atoms. The van der Waals surface area contributed by atoms with E-state index in [0.717, 1.165) is 67.6 Å². The molecule has 5 nitrogen and oxygen atoms in total. The number of benzene rings is 6. The first kappa shape index (κ1) is 32.5. The maximum atomic E-state index is 13.9. The lowest BCUT2D eigenvalue weighted by Gasteiger charge is -2.23. The molecule has 0 aliphatic carbocycles. The number of aromatic nitrogens is 2. The molecule has 8 aromatic rings. The molecule has 0 atom stereocenters. The van der Waals surface area contributed by atoms with Crippen molar-refractivity contribution in [2.24, 2.45) is 0 Å². The Hall–Kier alpha value is -6.40. The van der Waals surface area contributed by atoms with Crippen LogP contribution in [0.3, 0.4) is 0 Å². The van der Waals surface area contributed by atoms with E-state index in [1.54, 1.807) is 0 Å². The summed E-state index contributed by atoms with van der Waals surface area (Å²) in [6.45, 7) is 9.26. The van der Waals surface area contributed by atoms with Crippen molar-refractivity contribution in [1.29, 1.82) is 0 Å². The number of hydrogen-bond donors (Lipinski definition) is 0. The molecule has 0 fully saturated rings. The molecular formula is C47H39FN4O. The summed E-state index contributed by atoms with van der Waals surface area (Å²) in [5, 5.41) is 2.31. The van der Waals surface area contributed by atoms with E-state index in [1.165, 1.54) is 34.2 Å². The van der Waals surface area contributed by atoms with Gasteiger partial charge in [-0.05, 0) is 121 Å². The standard InChI is InChI=1S/C47H39FN4O/c1-30(2)33-21-22-49-47(26-33)52-43-10-6-5-9-41(43)42-20-18-38(28-46(42)52)53-39-25-34(40-19-13-31(3)23-32(40)4)24-37(27-39)51-29-50(36-16-14-35(48)15-17-36)44-11-7-8-12-45(44)51/h5-28,30H,29H2,1-4H3. The number of rotatable bonds is 7. The Morgan fingerprint density at radius 1 is 0.642 bits per heavy atom. The minimum Gasteiger partial charge on any atom is -0.457 e. The lowest BCUT2D eigenvalue weighted by atomic mass is 9.98. The quantitative estimate of drug-likeness (QED) is 0.166. The summed E-state index contributed by atoms with van der Waals surface area (Å²) in [6.07, 6.45) is 1.90. The minimum atomic E-state index is -0.250. The van der Waals surface area contributed by atoms with Crippen molar-refractivity contribution in [1.82, 2.24) is 9.55 Å². The van der Waals surface area contributed by atoms with E-state index in [2.05, 4.69) is 151 Å². The van der Waals surface area contributed by atoms with E-state index < -0.39 is 0 Å². The molecule has 6 aromatic carbocycles. The number of para-hydroxylation sites is 3. The Morgan fingerprint density at radius 3 is 2.15 bits per heavy atom. The van der Waals surface area contributed by atoms with Gasteiger partial charge in [0.25, 0.3) is 0 Å². The average molecular weight is 695 g/mol. The molecule has 3 heterocycles. The van der Waals surface area contributed by atoms with Crippen LogP contribution in [0.15, 0.2) is 146 Å². The second kappa shape index (κ2) is 13.0. The monoisotopic (exact) mass is 694 g/mol. The Bertz CT molecular complexity index is 2660. The Balaban J connectivity index is 1.17. The maximum absolute atomic E-state index is 13.9. The number of nitrogens with zero attached hydrogens (tertiary/aromatic N) is 4. The van der Waals surface area contributed by atoms with Gasteiger partial charge in [-0.15, -0.1) is 0 Å². The Morgan fingerprint density at radius 2 is 1.38 bits per heavy atom. The highest BCUT2D eigenvalue weighted by atomic mass is 19.1. The van der Waals surface area contributed by atoms with E-state index in [0.29, 0.717) is 12.6 Å². The molecule has 0 bridgehead atoms. The van der Waals surface area contributed by atoms with Crippen LogP contribution in [0.25, 0.3) is 38.8 Å². The Kier molecular flexibility index (Phi) is 7.96. The van der Waals surface area contributed by atoms with Crippen molar-refractivity contribution in [3.63, 3.8) is 0 Å². The number of aryl methyl sites for hydroxylation is 2. The van der Waals surface area contributed by atoms with Crippen molar-refractivity contribution in [3.05, 3.63) is 168 Å². The zero-order chi connectivity index (χ0) is 36.2. The fraction of sp³-hybridized carbons (Fsp3) is 0.128. The van der Waals surface area contributed by atoms with Crippen LogP contribution in [0.5, 0.6) is 11.5 Å². The van der Waals surface area contributed by atoms with Crippen molar-refractivity contribution < 1.29 is 9.13 Å². The van der Waals surface area contributed by atoms with E-state index in [1.807, 2.05) is 24.4 Å². The van der Waals surface area contributed by atoms with Crippen molar-refractivity contribution in [2.45, 2.75) is 33.6 Å². The second-order valence-corrected chi connectivity index (χ2v) is 14.2. The van der Waals surface area contributed by atoms with Crippen LogP contribution in [0.4, 0.5) is 27.1 Å². The summed E-state index contributed by atoms with van der Waals surface area (Å²) in [5.41, 5.74) is 12.1. The number of ether oxygens (including phenoxy) is 1. The van der Waals surface area contributed by atoms with Gasteiger partial charge in [0.2, 0.25) is 0 Å². The molecule has 0 radical (unpaired) electrons. The van der Waals surface area contributed by atoms with Crippen LogP contribution >= 0.6 is 0 Å². The third-order valence-corrected chi connectivity index (χ3v) is 10.3. The van der Waals surface area contributed by atoms with E-state index >= 15 is 0 Å². The zero-order valence-electron chi connectivity index (χ0n) is 30.2. The average Bonchev–Trinajstić information content (AvgIpc) is 3.71. The van der Waals surface area contributed by atoms with Crippen molar-refractivity contribution >= 4 is 44.6 Å². The number of fused-ring (bicyclic) bond motifs is 4. The topological polar surface area (TPSA) is 33.5 Å². The first-order valence-corrected chi connectivity index (χ1v) is 18.1. The highest BCUT2D eigenvalue weighted by Gasteiger charge is 2.28. The van der Waals surface area contributed by atoms with E-state index in [4.69, 9.17) is 9.72 Å². The van der Waals surface area contributed by atoms with Gasteiger partial charge in [-0.2, -0.15) is 0 Å². The SMILES string of the molecule is Cc1ccc(-c2cc(Oc3ccc4c5ccccc5n(-c5cc(C(C)C)ccn5)c4c3)cc(N3CN(c4ccc(F)cc4)c4ccccc43)c2)c(C)c1. The molecule has 0 N–H and O–H groups in total. The largest absolute Gasteiger partial charge is 0.457 e. The van der Waals surface area contributed by atoms with Crippen LogP contribution in [0.1, 0.15) is 36.5 Å². The molecule has 0 unspecified atom stereocenters. The predicted octanol–water partition coefficient (Wildman–Crippen LogP) is 12.8. The summed E-state index contributed by atoms with van der Waals surface area (Å²) in [5.74, 6) is 2.49. The number of pyridine rings is 1. The third-order valence-electron chi connectivity index (χ3n) is 10.3. The van der Waals surface area contributed by atoms with Crippen molar-refractivity contribution in [3.8, 4) is 28.4 Å². The van der Waals surface area contributed by atoms with E-state index in [-0.39, 0.29) is 5.82 Å². The molecule has 0 saturated carbocycles. The van der Waals surface area contributed by atoms with Crippen molar-refractivity contribution in [2.75, 3.05) is 16.5 Å². The highest BCUT2D eigenvalue weighted by molar-refractivity contribution is 6.09. The zero-order valence-corrected chi connectivity index (χ0v) is 30.2. The summed E-state index contributed by atoms with van der Waals surface area (Å²) < 4.78 is 23.0. The molecule has 1 aliphatic heterocycles. The molecule has 9 rings (SSSR count). The molecule has 0 spiro atoms. The van der Waals surface area contributed by atoms with Gasteiger partial charge >= 0.3 is 0 Å². The van der Waals surface area contributed by atoms with Crippen LogP contribution < -0.4 is 14.5 Å². The highest BCUT2D eigenvalue weighted by Crippen LogP contribution is 2.46. The van der Waals surface area contributed by atoms with Gasteiger partial charge < -0.3 is 14.5 Å². The first-order chi connectivity index (χ1) is 25.8. The minimum absolute atomic E-state index is 0.250. The maximum Gasteiger partial charge on any atom is 0.137 e. The van der Waals surface area contributed by atoms with Crippen LogP contribution in [-0.4, -0.2) is 16.2 Å². The Labute approximate surface area is 309 Å². The van der Waals surface area contributed by atoms with Gasteiger partial charge in [-0.25, -0.2) is 9.37 Å². The van der Waals surface area contributed by atoms with Crippen LogP contribution in [0.2, 0.25) is 0 Å². The molecule has 1 aliphatic rings.